The van der Waals surface area contributed by atoms with Crippen LogP contribution in [-0.4, -0.2) is 81.1 Å². The number of rotatable bonds is 9. The van der Waals surface area contributed by atoms with Crippen molar-refractivity contribution >= 4 is 31.6 Å². The molecule has 0 fully saturated rings. The van der Waals surface area contributed by atoms with E-state index in [2.05, 4.69) is 9.88 Å². The van der Waals surface area contributed by atoms with Gasteiger partial charge in [-0.25, -0.2) is 21.2 Å². The van der Waals surface area contributed by atoms with Crippen LogP contribution < -0.4 is 9.46 Å². The van der Waals surface area contributed by atoms with E-state index in [1.807, 2.05) is 6.92 Å². The van der Waals surface area contributed by atoms with Crippen LogP contribution in [0.25, 0.3) is 0 Å². The summed E-state index contributed by atoms with van der Waals surface area (Å²) in [5.41, 5.74) is 0.722. The standard InChI is InChI=1S/C28H35FN4O8S2/c1-17-14-33(18(2)16-34)27(35)13-21-12-23(31-42(36,37)24-9-6-22(29)7-10-24)8-11-25(21)40-26(17)15-32(5)43(38,39)28-19(3)30-41-20(28)4/h6-12,17-18,26,31,34H,13-16H2,1-5H3/t17-,18+,26-/m1/s1. The number of anilines is 1. The van der Waals surface area contributed by atoms with Gasteiger partial charge in [0, 0.05) is 30.8 Å². The summed E-state index contributed by atoms with van der Waals surface area (Å²) in [6.07, 6.45) is -0.918. The normalized spacial score (nSPS) is 18.8. The molecule has 0 saturated heterocycles. The zero-order chi connectivity index (χ0) is 31.7. The number of aliphatic hydroxyl groups is 1. The fourth-order valence-corrected chi connectivity index (χ4v) is 7.40. The van der Waals surface area contributed by atoms with Gasteiger partial charge in [0.05, 0.1) is 30.5 Å². The minimum absolute atomic E-state index is 0.0325. The Morgan fingerprint density at radius 1 is 1.16 bits per heavy atom. The molecule has 0 aliphatic carbocycles. The number of carbonyl (C=O) groups excluding carboxylic acids is 1. The van der Waals surface area contributed by atoms with Gasteiger partial charge in [-0.1, -0.05) is 12.1 Å². The Hall–Kier alpha value is -3.53. The second kappa shape index (κ2) is 12.6. The van der Waals surface area contributed by atoms with Gasteiger partial charge in [0.15, 0.2) is 5.76 Å². The summed E-state index contributed by atoms with van der Waals surface area (Å²) in [7, 11) is -6.67. The molecule has 2 heterocycles. The van der Waals surface area contributed by atoms with E-state index in [-0.39, 0.29) is 70.6 Å². The molecule has 3 atom stereocenters. The summed E-state index contributed by atoms with van der Waals surface area (Å²) >= 11 is 0. The van der Waals surface area contributed by atoms with Crippen LogP contribution in [0.3, 0.4) is 0 Å². The van der Waals surface area contributed by atoms with E-state index < -0.39 is 38.0 Å². The molecule has 0 unspecified atom stereocenters. The molecule has 234 valence electrons. The van der Waals surface area contributed by atoms with Gasteiger partial charge in [-0.05, 0) is 63.2 Å². The number of hydrogen-bond acceptors (Lipinski definition) is 9. The number of hydrogen-bond donors (Lipinski definition) is 2. The van der Waals surface area contributed by atoms with Crippen LogP contribution in [0.5, 0.6) is 5.75 Å². The lowest BCUT2D eigenvalue weighted by Crippen LogP contribution is -2.48. The van der Waals surface area contributed by atoms with Crippen molar-refractivity contribution in [1.82, 2.24) is 14.4 Å². The fourth-order valence-electron chi connectivity index (χ4n) is 4.89. The molecule has 1 aliphatic heterocycles. The number of likely N-dealkylation sites (N-methyl/N-ethyl adjacent to an activating group) is 1. The largest absolute Gasteiger partial charge is 0.488 e. The summed E-state index contributed by atoms with van der Waals surface area (Å²) in [5, 5.41) is 13.6. The second-order valence-corrected chi connectivity index (χ2v) is 14.4. The molecule has 1 amide bonds. The van der Waals surface area contributed by atoms with Crippen LogP contribution in [0.4, 0.5) is 10.1 Å². The first-order valence-corrected chi connectivity index (χ1v) is 16.4. The first kappa shape index (κ1) is 32.4. The lowest BCUT2D eigenvalue weighted by Gasteiger charge is -2.33. The summed E-state index contributed by atoms with van der Waals surface area (Å²) in [6.45, 7) is 6.34. The van der Waals surface area contributed by atoms with Crippen LogP contribution in [0, 0.1) is 25.6 Å². The highest BCUT2D eigenvalue weighted by molar-refractivity contribution is 7.92. The van der Waals surface area contributed by atoms with Crippen molar-refractivity contribution in [3.63, 3.8) is 0 Å². The van der Waals surface area contributed by atoms with E-state index in [1.54, 1.807) is 6.92 Å². The molecule has 2 N–H and O–H groups in total. The molecule has 0 radical (unpaired) electrons. The maximum Gasteiger partial charge on any atom is 0.261 e. The summed E-state index contributed by atoms with van der Waals surface area (Å²) in [5.74, 6) is -0.863. The number of carbonyl (C=O) groups is 1. The number of aryl methyl sites for hydroxylation is 2. The topological polar surface area (TPSA) is 159 Å². The Labute approximate surface area is 250 Å². The smallest absolute Gasteiger partial charge is 0.261 e. The predicted molar refractivity (Wildman–Crippen MR) is 155 cm³/mol. The Balaban J connectivity index is 1.69. The molecule has 0 bridgehead atoms. The SMILES string of the molecule is Cc1noc(C)c1S(=O)(=O)N(C)C[C@H]1Oc2ccc(NS(=O)(=O)c3ccc(F)cc3)cc2CC(=O)N([C@@H](C)CO)C[C@H]1C. The minimum atomic E-state index is -4.07. The van der Waals surface area contributed by atoms with E-state index in [0.29, 0.717) is 5.56 Å². The predicted octanol–water partition coefficient (Wildman–Crippen LogP) is 2.70. The van der Waals surface area contributed by atoms with Crippen molar-refractivity contribution in [2.24, 2.45) is 5.92 Å². The van der Waals surface area contributed by atoms with Crippen molar-refractivity contribution in [3.05, 3.63) is 65.3 Å². The number of aliphatic hydroxyl groups excluding tert-OH is 1. The van der Waals surface area contributed by atoms with Crippen LogP contribution in [0.15, 0.2) is 56.8 Å². The number of halogens is 1. The van der Waals surface area contributed by atoms with Crippen LogP contribution >= 0.6 is 0 Å². The quantitative estimate of drug-likeness (QED) is 0.359. The Morgan fingerprint density at radius 2 is 1.84 bits per heavy atom. The highest BCUT2D eigenvalue weighted by Gasteiger charge is 2.35. The maximum atomic E-state index is 13.5. The van der Waals surface area contributed by atoms with Crippen LogP contribution in [0.2, 0.25) is 0 Å². The molecule has 1 aromatic heterocycles. The summed E-state index contributed by atoms with van der Waals surface area (Å²) in [6, 6.07) is 8.23. The van der Waals surface area contributed by atoms with Gasteiger partial charge < -0.3 is 19.3 Å². The lowest BCUT2D eigenvalue weighted by molar-refractivity contribution is -0.134. The Kier molecular flexibility index (Phi) is 9.49. The van der Waals surface area contributed by atoms with E-state index in [4.69, 9.17) is 9.26 Å². The van der Waals surface area contributed by atoms with Crippen molar-refractivity contribution in [3.8, 4) is 5.75 Å². The molecule has 15 heteroatoms. The highest BCUT2D eigenvalue weighted by atomic mass is 32.2. The van der Waals surface area contributed by atoms with Crippen molar-refractivity contribution in [1.29, 1.82) is 0 Å². The third-order valence-corrected chi connectivity index (χ3v) is 10.8. The first-order valence-electron chi connectivity index (χ1n) is 13.5. The number of nitrogens with one attached hydrogen (secondary N) is 1. The fraction of sp³-hybridized carbons (Fsp3) is 0.429. The average Bonchev–Trinajstić information content (AvgIpc) is 3.31. The summed E-state index contributed by atoms with van der Waals surface area (Å²) < 4.78 is 81.1. The van der Waals surface area contributed by atoms with E-state index in [0.717, 1.165) is 28.6 Å². The molecule has 2 aromatic carbocycles. The number of aromatic nitrogens is 1. The van der Waals surface area contributed by atoms with Gasteiger partial charge in [-0.2, -0.15) is 4.31 Å². The molecule has 0 saturated carbocycles. The minimum Gasteiger partial charge on any atom is -0.488 e. The molecule has 4 rings (SSSR count). The molecule has 43 heavy (non-hydrogen) atoms. The number of ether oxygens (including phenoxy) is 1. The van der Waals surface area contributed by atoms with Crippen molar-refractivity contribution in [2.45, 2.75) is 56.1 Å². The zero-order valence-electron chi connectivity index (χ0n) is 24.4. The number of fused-ring (bicyclic) bond motifs is 1. The number of amides is 1. The van der Waals surface area contributed by atoms with Gasteiger partial charge in [-0.15, -0.1) is 0 Å². The van der Waals surface area contributed by atoms with Crippen LogP contribution in [0.1, 0.15) is 30.9 Å². The monoisotopic (exact) mass is 638 g/mol. The first-order chi connectivity index (χ1) is 20.1. The van der Waals surface area contributed by atoms with E-state index in [1.165, 1.54) is 44.0 Å². The lowest BCUT2D eigenvalue weighted by atomic mass is 10.0. The molecule has 0 spiro atoms. The van der Waals surface area contributed by atoms with Gasteiger partial charge in [-0.3, -0.25) is 9.52 Å². The van der Waals surface area contributed by atoms with Crippen molar-refractivity contribution in [2.75, 3.05) is 31.5 Å². The van der Waals surface area contributed by atoms with Crippen molar-refractivity contribution < 1.29 is 40.4 Å². The third kappa shape index (κ3) is 7.00. The van der Waals surface area contributed by atoms with Gasteiger partial charge in [0.2, 0.25) is 15.9 Å². The second-order valence-electron chi connectivity index (χ2n) is 10.7. The van der Waals surface area contributed by atoms with E-state index in [9.17, 15) is 31.1 Å². The van der Waals surface area contributed by atoms with Gasteiger partial charge >= 0.3 is 0 Å². The Bertz CT molecular complexity index is 1670. The molecule has 3 aromatic rings. The molecular weight excluding hydrogens is 603 g/mol. The summed E-state index contributed by atoms with van der Waals surface area (Å²) in [4.78, 5) is 14.8. The number of nitrogens with zero attached hydrogens (tertiary/aromatic N) is 3. The maximum absolute atomic E-state index is 13.5. The van der Waals surface area contributed by atoms with Gasteiger partial charge in [0.25, 0.3) is 10.0 Å². The molecule has 1 aliphatic rings. The number of sulfonamides is 2. The average molecular weight is 639 g/mol. The molecule has 12 nitrogen and oxygen atoms in total. The number of benzene rings is 2. The third-order valence-electron chi connectivity index (χ3n) is 7.37. The highest BCUT2D eigenvalue weighted by Crippen LogP contribution is 2.31. The molecular formula is C28H35FN4O8S2. The van der Waals surface area contributed by atoms with E-state index >= 15 is 0 Å². The zero-order valence-corrected chi connectivity index (χ0v) is 26.1. The van der Waals surface area contributed by atoms with Crippen LogP contribution in [-0.2, 0) is 31.3 Å². The van der Waals surface area contributed by atoms with Gasteiger partial charge in [0.1, 0.15) is 28.3 Å². The Morgan fingerprint density at radius 3 is 2.44 bits per heavy atom.